The van der Waals surface area contributed by atoms with Gasteiger partial charge in [0.25, 0.3) is 5.91 Å². The van der Waals surface area contributed by atoms with Gasteiger partial charge in [0, 0.05) is 15.5 Å². The van der Waals surface area contributed by atoms with Gasteiger partial charge in [-0.2, -0.15) is 0 Å². The van der Waals surface area contributed by atoms with Gasteiger partial charge in [0.05, 0.1) is 16.6 Å². The molecule has 164 valence electrons. The van der Waals surface area contributed by atoms with E-state index in [1.807, 2.05) is 0 Å². The standard InChI is InChI=1S/C25H14BrClFNO4/c26-15-6-9-19-14(10-15)11-20(33-19)23(30)21-22(13-4-2-1-3-5-13)29(25(32)24(21)31)16-7-8-18(28)17(27)12-16/h1-12,22,31H. The number of amides is 1. The number of furan rings is 1. The van der Waals surface area contributed by atoms with E-state index in [0.29, 0.717) is 16.5 Å². The number of carbonyl (C=O) groups excluding carboxylic acids is 2. The van der Waals surface area contributed by atoms with E-state index in [1.165, 1.54) is 17.0 Å². The number of hydrogen-bond donors (Lipinski definition) is 1. The number of hydrogen-bond acceptors (Lipinski definition) is 4. The molecule has 0 fully saturated rings. The van der Waals surface area contributed by atoms with E-state index >= 15 is 0 Å². The van der Waals surface area contributed by atoms with Gasteiger partial charge in [-0.1, -0.05) is 57.9 Å². The molecule has 33 heavy (non-hydrogen) atoms. The molecule has 0 saturated heterocycles. The van der Waals surface area contributed by atoms with E-state index in [9.17, 15) is 19.1 Å². The van der Waals surface area contributed by atoms with Crippen LogP contribution in [0.25, 0.3) is 11.0 Å². The van der Waals surface area contributed by atoms with Crippen LogP contribution in [0.5, 0.6) is 0 Å². The van der Waals surface area contributed by atoms with Crippen molar-refractivity contribution in [1.82, 2.24) is 0 Å². The zero-order valence-electron chi connectivity index (χ0n) is 16.8. The highest BCUT2D eigenvalue weighted by Crippen LogP contribution is 2.43. The topological polar surface area (TPSA) is 70.8 Å². The van der Waals surface area contributed by atoms with Gasteiger partial charge in [0.1, 0.15) is 11.4 Å². The normalized spacial score (nSPS) is 16.2. The number of aliphatic hydroxyl groups is 1. The van der Waals surface area contributed by atoms with Gasteiger partial charge in [0.15, 0.2) is 11.5 Å². The van der Waals surface area contributed by atoms with Crippen molar-refractivity contribution in [2.45, 2.75) is 6.04 Å². The second-order valence-electron chi connectivity index (χ2n) is 7.47. The number of Topliss-reactive ketones (excluding diaryl/α,β-unsaturated/α-hetero) is 1. The average molecular weight is 527 g/mol. The number of fused-ring (bicyclic) bond motifs is 1. The summed E-state index contributed by atoms with van der Waals surface area (Å²) in [6.45, 7) is 0. The molecule has 0 aliphatic carbocycles. The lowest BCUT2D eigenvalue weighted by Gasteiger charge is -2.27. The Hall–Kier alpha value is -3.42. The van der Waals surface area contributed by atoms with Crippen LogP contribution in [0.15, 0.2) is 93.0 Å². The molecular formula is C25H14BrClFNO4. The molecule has 0 radical (unpaired) electrons. The van der Waals surface area contributed by atoms with Gasteiger partial charge in [-0.05, 0) is 48.0 Å². The van der Waals surface area contributed by atoms with Crippen LogP contribution < -0.4 is 4.90 Å². The van der Waals surface area contributed by atoms with E-state index in [4.69, 9.17) is 16.0 Å². The van der Waals surface area contributed by atoms with Gasteiger partial charge in [-0.25, -0.2) is 4.39 Å². The molecule has 8 heteroatoms. The second kappa shape index (κ2) is 8.17. The Morgan fingerprint density at radius 1 is 1.06 bits per heavy atom. The predicted octanol–water partition coefficient (Wildman–Crippen LogP) is 6.77. The van der Waals surface area contributed by atoms with Crippen molar-refractivity contribution in [2.24, 2.45) is 0 Å². The number of anilines is 1. The predicted molar refractivity (Wildman–Crippen MR) is 126 cm³/mol. The summed E-state index contributed by atoms with van der Waals surface area (Å²) in [5.74, 6) is -2.79. The first-order valence-electron chi connectivity index (χ1n) is 9.85. The largest absolute Gasteiger partial charge is 0.503 e. The highest BCUT2D eigenvalue weighted by molar-refractivity contribution is 9.10. The number of carbonyl (C=O) groups is 2. The molecule has 0 saturated carbocycles. The van der Waals surface area contributed by atoms with Crippen LogP contribution in [0.2, 0.25) is 5.02 Å². The molecule has 2 heterocycles. The molecule has 1 unspecified atom stereocenters. The van der Waals surface area contributed by atoms with Crippen molar-refractivity contribution in [3.63, 3.8) is 0 Å². The minimum absolute atomic E-state index is 0.0163. The Labute approximate surface area is 200 Å². The zero-order chi connectivity index (χ0) is 23.3. The zero-order valence-corrected chi connectivity index (χ0v) is 19.1. The molecule has 5 nitrogen and oxygen atoms in total. The van der Waals surface area contributed by atoms with Gasteiger partial charge >= 0.3 is 0 Å². The number of halogens is 3. The number of benzene rings is 3. The van der Waals surface area contributed by atoms with Crippen molar-refractivity contribution < 1.29 is 23.5 Å². The maximum absolute atomic E-state index is 13.8. The van der Waals surface area contributed by atoms with Crippen molar-refractivity contribution in [2.75, 3.05) is 4.90 Å². The van der Waals surface area contributed by atoms with Gasteiger partial charge in [-0.15, -0.1) is 0 Å². The van der Waals surface area contributed by atoms with Crippen LogP contribution in [-0.4, -0.2) is 16.8 Å². The Kier molecular flexibility index (Phi) is 5.31. The molecule has 1 N–H and O–H groups in total. The Morgan fingerprint density at radius 3 is 2.55 bits per heavy atom. The highest BCUT2D eigenvalue weighted by atomic mass is 79.9. The molecule has 5 rings (SSSR count). The third kappa shape index (κ3) is 3.63. The number of aliphatic hydroxyl groups excluding tert-OH is 1. The summed E-state index contributed by atoms with van der Waals surface area (Å²) < 4.78 is 20.3. The summed E-state index contributed by atoms with van der Waals surface area (Å²) in [7, 11) is 0. The van der Waals surface area contributed by atoms with Gasteiger partial charge in [-0.3, -0.25) is 14.5 Å². The van der Waals surface area contributed by atoms with Crippen molar-refractivity contribution in [3.05, 3.63) is 111 Å². The van der Waals surface area contributed by atoms with Crippen LogP contribution in [-0.2, 0) is 4.79 Å². The Morgan fingerprint density at radius 2 is 1.82 bits per heavy atom. The molecule has 1 aliphatic heterocycles. The SMILES string of the molecule is O=C(C1=C(O)C(=O)N(c2ccc(F)c(Cl)c2)C1c1ccccc1)c1cc2cc(Br)ccc2o1. The highest BCUT2D eigenvalue weighted by Gasteiger charge is 2.45. The minimum atomic E-state index is -0.965. The van der Waals surface area contributed by atoms with Crippen LogP contribution in [0.1, 0.15) is 22.2 Å². The Bertz CT molecular complexity index is 1460. The van der Waals surface area contributed by atoms with E-state index in [1.54, 1.807) is 54.6 Å². The maximum Gasteiger partial charge on any atom is 0.294 e. The fourth-order valence-corrected chi connectivity index (χ4v) is 4.50. The molecule has 1 aromatic heterocycles. The minimum Gasteiger partial charge on any atom is -0.503 e. The summed E-state index contributed by atoms with van der Waals surface area (Å²) in [5.41, 5.74) is 1.18. The van der Waals surface area contributed by atoms with Crippen LogP contribution >= 0.6 is 27.5 Å². The molecule has 1 aliphatic rings. The van der Waals surface area contributed by atoms with E-state index in [2.05, 4.69) is 15.9 Å². The van der Waals surface area contributed by atoms with E-state index in [-0.39, 0.29) is 22.0 Å². The smallest absolute Gasteiger partial charge is 0.294 e. The first-order chi connectivity index (χ1) is 15.8. The van der Waals surface area contributed by atoms with Crippen molar-refractivity contribution in [3.8, 4) is 0 Å². The molecule has 4 aromatic rings. The van der Waals surface area contributed by atoms with Crippen LogP contribution in [0.4, 0.5) is 10.1 Å². The molecule has 0 spiro atoms. The fraction of sp³-hybridized carbons (Fsp3) is 0.0400. The number of rotatable bonds is 4. The molecule has 3 aromatic carbocycles. The quantitative estimate of drug-likeness (QED) is 0.298. The lowest BCUT2D eigenvalue weighted by atomic mass is 9.95. The monoisotopic (exact) mass is 525 g/mol. The third-order valence-corrected chi connectivity index (χ3v) is 6.23. The van der Waals surface area contributed by atoms with Crippen LogP contribution in [0.3, 0.4) is 0 Å². The molecular weight excluding hydrogens is 513 g/mol. The Balaban J connectivity index is 1.66. The second-order valence-corrected chi connectivity index (χ2v) is 8.79. The lowest BCUT2D eigenvalue weighted by Crippen LogP contribution is -2.31. The van der Waals surface area contributed by atoms with Crippen molar-refractivity contribution in [1.29, 1.82) is 0 Å². The van der Waals surface area contributed by atoms with Crippen LogP contribution in [0, 0.1) is 5.82 Å². The van der Waals surface area contributed by atoms with Crippen molar-refractivity contribution >= 4 is 55.9 Å². The first-order valence-corrected chi connectivity index (χ1v) is 11.0. The molecule has 0 bridgehead atoms. The summed E-state index contributed by atoms with van der Waals surface area (Å²) in [6.07, 6.45) is 0. The summed E-state index contributed by atoms with van der Waals surface area (Å²) in [6, 6.07) is 18.4. The fourth-order valence-electron chi connectivity index (χ4n) is 3.95. The summed E-state index contributed by atoms with van der Waals surface area (Å²) in [5, 5.41) is 11.3. The van der Waals surface area contributed by atoms with Gasteiger partial charge in [0.2, 0.25) is 5.78 Å². The number of nitrogens with zero attached hydrogens (tertiary/aromatic N) is 1. The molecule has 1 amide bonds. The number of ketones is 1. The van der Waals surface area contributed by atoms with Gasteiger partial charge < -0.3 is 9.52 Å². The summed E-state index contributed by atoms with van der Waals surface area (Å²) >= 11 is 9.33. The average Bonchev–Trinajstić information content (AvgIpc) is 3.34. The lowest BCUT2D eigenvalue weighted by molar-refractivity contribution is -0.117. The molecule has 1 atom stereocenters. The third-order valence-electron chi connectivity index (χ3n) is 5.45. The van der Waals surface area contributed by atoms with E-state index < -0.39 is 29.3 Å². The van der Waals surface area contributed by atoms with E-state index in [0.717, 1.165) is 10.5 Å². The summed E-state index contributed by atoms with van der Waals surface area (Å²) in [4.78, 5) is 27.9. The maximum atomic E-state index is 13.8. The first kappa shape index (κ1) is 21.4.